The van der Waals surface area contributed by atoms with Crippen LogP contribution < -0.4 is 15.7 Å². The SMILES string of the molecule is CB1c2cc(C)c(C)cc2Oc2ccc(C)c(C)c21. The summed E-state index contributed by atoms with van der Waals surface area (Å²) in [7, 11) is 0. The quantitative estimate of drug-likeness (QED) is 0.652. The van der Waals surface area contributed by atoms with Gasteiger partial charge in [0, 0.05) is 0 Å². The van der Waals surface area contributed by atoms with E-state index in [4.69, 9.17) is 4.74 Å². The van der Waals surface area contributed by atoms with E-state index in [1.165, 1.54) is 33.2 Å². The van der Waals surface area contributed by atoms with E-state index in [1.54, 1.807) is 0 Å². The van der Waals surface area contributed by atoms with Crippen LogP contribution in [0.1, 0.15) is 22.3 Å². The summed E-state index contributed by atoms with van der Waals surface area (Å²) in [5.74, 6) is 2.04. The average Bonchev–Trinajstić information content (AvgIpc) is 2.37. The molecule has 1 aliphatic rings. The van der Waals surface area contributed by atoms with Gasteiger partial charge in [-0.2, -0.15) is 0 Å². The van der Waals surface area contributed by atoms with E-state index in [0.717, 1.165) is 11.5 Å². The summed E-state index contributed by atoms with van der Waals surface area (Å²) in [6.45, 7) is 11.3. The van der Waals surface area contributed by atoms with Crippen LogP contribution in [0.5, 0.6) is 11.5 Å². The number of hydrogen-bond acceptors (Lipinski definition) is 1. The summed E-state index contributed by atoms with van der Waals surface area (Å²) in [6.07, 6.45) is 0. The van der Waals surface area contributed by atoms with Gasteiger partial charge in [-0.1, -0.05) is 19.0 Å². The Morgan fingerprint density at radius 2 is 1.53 bits per heavy atom. The predicted molar refractivity (Wildman–Crippen MR) is 82.8 cm³/mol. The first-order valence-electron chi connectivity index (χ1n) is 6.88. The minimum absolute atomic E-state index is 0.401. The molecule has 0 spiro atoms. The zero-order chi connectivity index (χ0) is 13.7. The van der Waals surface area contributed by atoms with E-state index < -0.39 is 0 Å². The lowest BCUT2D eigenvalue weighted by Crippen LogP contribution is -2.45. The van der Waals surface area contributed by atoms with Crippen LogP contribution in [-0.2, 0) is 0 Å². The molecule has 96 valence electrons. The molecule has 1 heterocycles. The molecule has 3 rings (SSSR count). The average molecular weight is 250 g/mol. The highest BCUT2D eigenvalue weighted by Crippen LogP contribution is 2.28. The molecule has 2 aromatic carbocycles. The summed E-state index contributed by atoms with van der Waals surface area (Å²) in [5, 5.41) is 0. The molecule has 0 N–H and O–H groups in total. The van der Waals surface area contributed by atoms with Gasteiger partial charge in [0.05, 0.1) is 0 Å². The van der Waals surface area contributed by atoms with Crippen LogP contribution in [0.15, 0.2) is 24.3 Å². The summed E-state index contributed by atoms with van der Waals surface area (Å²) in [5.41, 5.74) is 7.97. The number of benzene rings is 2. The van der Waals surface area contributed by atoms with Crippen molar-refractivity contribution in [3.05, 3.63) is 46.5 Å². The lowest BCUT2D eigenvalue weighted by atomic mass is 9.40. The van der Waals surface area contributed by atoms with Crippen LogP contribution >= 0.6 is 0 Å². The Balaban J connectivity index is 2.23. The van der Waals surface area contributed by atoms with Gasteiger partial charge >= 0.3 is 0 Å². The molecule has 19 heavy (non-hydrogen) atoms. The molecule has 2 aromatic rings. The van der Waals surface area contributed by atoms with Gasteiger partial charge in [0.1, 0.15) is 11.5 Å². The van der Waals surface area contributed by atoms with Crippen molar-refractivity contribution in [2.24, 2.45) is 0 Å². The van der Waals surface area contributed by atoms with E-state index in [0.29, 0.717) is 6.71 Å². The van der Waals surface area contributed by atoms with Gasteiger partial charge in [-0.25, -0.2) is 0 Å². The summed E-state index contributed by atoms with van der Waals surface area (Å²) in [6, 6.07) is 8.69. The molecule has 0 amide bonds. The van der Waals surface area contributed by atoms with Crippen LogP contribution in [0.3, 0.4) is 0 Å². The standard InChI is InChI=1S/C17H19BO/c1-10-6-7-15-17(13(10)4)18(5)14-8-11(2)12(3)9-16(14)19-15/h6-9H,1-5H3. The number of aryl methyl sites for hydroxylation is 3. The number of hydrogen-bond donors (Lipinski definition) is 0. The van der Waals surface area contributed by atoms with E-state index >= 15 is 0 Å². The van der Waals surface area contributed by atoms with Crippen LogP contribution in [0, 0.1) is 27.7 Å². The lowest BCUT2D eigenvalue weighted by molar-refractivity contribution is 0.486. The van der Waals surface area contributed by atoms with Crippen molar-refractivity contribution in [2.75, 3.05) is 0 Å². The highest BCUT2D eigenvalue weighted by atomic mass is 16.5. The fourth-order valence-corrected chi connectivity index (χ4v) is 2.95. The first-order chi connectivity index (χ1) is 8.99. The predicted octanol–water partition coefficient (Wildman–Crippen LogP) is 3.26. The fraction of sp³-hybridized carbons (Fsp3) is 0.294. The number of rotatable bonds is 0. The van der Waals surface area contributed by atoms with Gasteiger partial charge < -0.3 is 4.74 Å². The molecule has 0 fully saturated rings. The van der Waals surface area contributed by atoms with E-state index in [2.05, 4.69) is 58.8 Å². The van der Waals surface area contributed by atoms with Crippen molar-refractivity contribution in [3.8, 4) is 11.5 Å². The minimum Gasteiger partial charge on any atom is -0.458 e. The third-order valence-corrected chi connectivity index (χ3v) is 4.49. The van der Waals surface area contributed by atoms with Gasteiger partial charge in [-0.05, 0) is 73.0 Å². The molecular weight excluding hydrogens is 231 g/mol. The Bertz CT molecular complexity index is 673. The Labute approximate surface area is 115 Å². The second-order valence-corrected chi connectivity index (χ2v) is 5.72. The normalized spacial score (nSPS) is 12.8. The Morgan fingerprint density at radius 3 is 2.26 bits per heavy atom. The molecule has 0 radical (unpaired) electrons. The van der Waals surface area contributed by atoms with Crippen molar-refractivity contribution < 1.29 is 4.74 Å². The number of ether oxygens (including phenoxy) is 1. The molecule has 2 heteroatoms. The summed E-state index contributed by atoms with van der Waals surface area (Å²) < 4.78 is 6.12. The molecule has 0 saturated heterocycles. The van der Waals surface area contributed by atoms with Crippen molar-refractivity contribution in [3.63, 3.8) is 0 Å². The van der Waals surface area contributed by atoms with Crippen LogP contribution in [-0.4, -0.2) is 6.71 Å². The van der Waals surface area contributed by atoms with E-state index in [9.17, 15) is 0 Å². The maximum absolute atomic E-state index is 6.12. The highest BCUT2D eigenvalue weighted by Gasteiger charge is 2.29. The van der Waals surface area contributed by atoms with Gasteiger partial charge in [-0.15, -0.1) is 0 Å². The lowest BCUT2D eigenvalue weighted by Gasteiger charge is -2.27. The molecule has 0 atom stereocenters. The second kappa shape index (κ2) is 4.16. The van der Waals surface area contributed by atoms with E-state index in [-0.39, 0.29) is 0 Å². The van der Waals surface area contributed by atoms with Crippen molar-refractivity contribution in [1.29, 1.82) is 0 Å². The Hall–Kier alpha value is -1.70. The largest absolute Gasteiger partial charge is 0.458 e. The molecule has 1 nitrogen and oxygen atoms in total. The summed E-state index contributed by atoms with van der Waals surface area (Å²) >= 11 is 0. The molecule has 0 aliphatic carbocycles. The van der Waals surface area contributed by atoms with Crippen molar-refractivity contribution in [1.82, 2.24) is 0 Å². The van der Waals surface area contributed by atoms with Gasteiger partial charge in [0.25, 0.3) is 0 Å². The Kier molecular flexibility index (Phi) is 2.70. The topological polar surface area (TPSA) is 9.23 Å². The molecule has 0 unspecified atom stereocenters. The third kappa shape index (κ3) is 1.78. The highest BCUT2D eigenvalue weighted by molar-refractivity contribution is 6.86. The smallest absolute Gasteiger partial charge is 0.216 e. The van der Waals surface area contributed by atoms with Crippen LogP contribution in [0.4, 0.5) is 0 Å². The van der Waals surface area contributed by atoms with Gasteiger partial charge in [0.15, 0.2) is 0 Å². The first kappa shape index (κ1) is 12.3. The molecule has 0 aromatic heterocycles. The van der Waals surface area contributed by atoms with Crippen molar-refractivity contribution in [2.45, 2.75) is 34.5 Å². The molecule has 0 saturated carbocycles. The molecular formula is C17H19BO. The minimum atomic E-state index is 0.401. The fourth-order valence-electron chi connectivity index (χ4n) is 2.95. The zero-order valence-electron chi connectivity index (χ0n) is 12.3. The number of fused-ring (bicyclic) bond motifs is 2. The van der Waals surface area contributed by atoms with Crippen LogP contribution in [0.2, 0.25) is 6.82 Å². The Morgan fingerprint density at radius 1 is 0.842 bits per heavy atom. The molecule has 1 aliphatic heterocycles. The van der Waals surface area contributed by atoms with Crippen molar-refractivity contribution >= 4 is 17.6 Å². The second-order valence-electron chi connectivity index (χ2n) is 5.72. The van der Waals surface area contributed by atoms with Gasteiger partial charge in [0.2, 0.25) is 6.71 Å². The monoisotopic (exact) mass is 250 g/mol. The zero-order valence-corrected chi connectivity index (χ0v) is 12.3. The van der Waals surface area contributed by atoms with Gasteiger partial charge in [-0.3, -0.25) is 0 Å². The maximum Gasteiger partial charge on any atom is 0.216 e. The van der Waals surface area contributed by atoms with E-state index in [1.807, 2.05) is 0 Å². The first-order valence-corrected chi connectivity index (χ1v) is 6.88. The van der Waals surface area contributed by atoms with Crippen LogP contribution in [0.25, 0.3) is 0 Å². The molecule has 0 bridgehead atoms. The third-order valence-electron chi connectivity index (χ3n) is 4.49. The maximum atomic E-state index is 6.12. The summed E-state index contributed by atoms with van der Waals surface area (Å²) in [4.78, 5) is 0.